The van der Waals surface area contributed by atoms with Gasteiger partial charge in [-0.1, -0.05) is 12.1 Å². The van der Waals surface area contributed by atoms with Crippen molar-refractivity contribution in [3.63, 3.8) is 0 Å². The van der Waals surface area contributed by atoms with Gasteiger partial charge in [0.2, 0.25) is 0 Å². The zero-order chi connectivity index (χ0) is 48.1. The number of hydrogen-bond donors (Lipinski definition) is 5. The predicted molar refractivity (Wildman–Crippen MR) is 272 cm³/mol. The van der Waals surface area contributed by atoms with Gasteiger partial charge in [-0.2, -0.15) is 0 Å². The molecule has 17 heteroatoms. The van der Waals surface area contributed by atoms with Crippen LogP contribution < -0.4 is 26.3 Å². The lowest BCUT2D eigenvalue weighted by Gasteiger charge is -2.34. The van der Waals surface area contributed by atoms with Gasteiger partial charge in [-0.25, -0.2) is 24.7 Å². The molecular weight excluding hydrogens is 908 g/mol. The molecule has 2 saturated heterocycles. The number of phenolic OH excluding ortho intramolecular Hbond substituents is 2. The number of nitrogens with two attached hydrogens (primary N) is 2. The number of ether oxygens (including phenoxy) is 3. The maximum atomic E-state index is 12.6. The molecule has 2 aromatic carbocycles. The maximum Gasteiger partial charge on any atom is 0.410 e. The van der Waals surface area contributed by atoms with Crippen LogP contribution in [-0.4, -0.2) is 95.3 Å². The Morgan fingerprint density at radius 3 is 1.57 bits per heavy atom. The molecule has 2 aliphatic heterocycles. The molecule has 1 amide bonds. The fraction of sp³-hybridized carbons (Fsp3) is 0.453. The standard InChI is InChI=1S/C29H37N5O4.C24H29N5O2.ClH/c1-29(2,3)38-28(36)34-12-9-20(10-13-34)21-15-23(32-27(30)22(21)16-33-14-11-31-18-33)26-24(35)5-4-6-25(26)37-17-19-7-8-19;25-24-19(13-29-11-10-27-15-29)18(17-6-8-26-9-7-17)12-20(28-24)23-21(30)2-1-3-22(23)31-14-16-4-5-16;/h4-6,11,14-15,18-20,35H,7-10,12-13,16-17H2,1-3H3,(H2,30,32);1-3,10-12,15-17,26,30H,4-9,13-14H2,(H2,25,28);1H. The van der Waals surface area contributed by atoms with Crippen LogP contribution >= 0.6 is 12.4 Å². The van der Waals surface area contributed by atoms with Crippen molar-refractivity contribution in [2.45, 2.75) is 103 Å². The smallest absolute Gasteiger partial charge is 0.410 e. The van der Waals surface area contributed by atoms with Crippen molar-refractivity contribution < 1.29 is 29.2 Å². The number of amides is 1. The lowest BCUT2D eigenvalue weighted by molar-refractivity contribution is 0.0204. The Bertz CT molecular complexity index is 2690. The summed E-state index contributed by atoms with van der Waals surface area (Å²) in [5, 5.41) is 25.0. The molecule has 16 nitrogen and oxygen atoms in total. The van der Waals surface area contributed by atoms with Crippen molar-refractivity contribution in [3.05, 3.63) is 108 Å². The minimum atomic E-state index is -0.530. The molecule has 0 atom stereocenters. The summed E-state index contributed by atoms with van der Waals surface area (Å²) in [5.74, 6) is 4.21. The molecule has 0 unspecified atom stereocenters. The number of anilines is 2. The normalized spacial score (nSPS) is 16.5. The SMILES string of the molecule is CC(C)(C)OC(=O)N1CCC(c2cc(-c3c(O)cccc3OCC3CC3)nc(N)c2Cn2ccnc2)CC1.Cl.Nc1nc(-c2c(O)cccc2OCC2CC2)cc(C2CCNCC2)c1Cn1ccnc1. The number of benzene rings is 2. The van der Waals surface area contributed by atoms with E-state index in [0.717, 1.165) is 55.5 Å². The van der Waals surface area contributed by atoms with Crippen LogP contribution in [0, 0.1) is 11.8 Å². The Hall–Kier alpha value is -6.52. The third kappa shape index (κ3) is 12.4. The molecule has 4 fully saturated rings. The monoisotopic (exact) mass is 974 g/mol. The first kappa shape index (κ1) is 49.9. The molecule has 6 aromatic rings. The molecule has 2 aliphatic carbocycles. The largest absolute Gasteiger partial charge is 0.507 e. The van der Waals surface area contributed by atoms with Crippen LogP contribution in [0.25, 0.3) is 22.5 Å². The summed E-state index contributed by atoms with van der Waals surface area (Å²) in [6, 6.07) is 14.8. The molecular formula is C53H67ClN10O6. The lowest BCUT2D eigenvalue weighted by Crippen LogP contribution is -2.41. The Labute approximate surface area is 416 Å². The fourth-order valence-electron chi connectivity index (χ4n) is 9.29. The number of pyridine rings is 2. The van der Waals surface area contributed by atoms with Crippen molar-refractivity contribution in [1.29, 1.82) is 0 Å². The lowest BCUT2D eigenvalue weighted by atomic mass is 9.85. The van der Waals surface area contributed by atoms with E-state index in [1.165, 1.54) is 31.2 Å². The van der Waals surface area contributed by atoms with Gasteiger partial charge in [0.05, 0.1) is 61.5 Å². The van der Waals surface area contributed by atoms with E-state index in [0.29, 0.717) is 103 Å². The molecule has 372 valence electrons. The highest BCUT2D eigenvalue weighted by atomic mass is 35.5. The average molecular weight is 976 g/mol. The first-order chi connectivity index (χ1) is 33.4. The van der Waals surface area contributed by atoms with E-state index in [1.54, 1.807) is 48.1 Å². The number of carbonyl (C=O) groups is 1. The summed E-state index contributed by atoms with van der Waals surface area (Å²) in [6.07, 6.45) is 19.0. The molecule has 6 heterocycles. The molecule has 7 N–H and O–H groups in total. The highest BCUT2D eigenvalue weighted by Gasteiger charge is 2.31. The Kier molecular flexibility index (Phi) is 15.7. The van der Waals surface area contributed by atoms with E-state index >= 15 is 0 Å². The first-order valence-corrected chi connectivity index (χ1v) is 24.5. The van der Waals surface area contributed by atoms with Gasteiger partial charge >= 0.3 is 6.09 Å². The highest BCUT2D eigenvalue weighted by molar-refractivity contribution is 5.85. The number of phenols is 2. The van der Waals surface area contributed by atoms with Crippen LogP contribution in [0.4, 0.5) is 16.4 Å². The molecule has 70 heavy (non-hydrogen) atoms. The number of imidazole rings is 2. The molecule has 0 spiro atoms. The second-order valence-electron chi connectivity index (χ2n) is 20.0. The average Bonchev–Trinajstić information content (AvgIpc) is 4.24. The minimum Gasteiger partial charge on any atom is -0.507 e. The number of aromatic hydroxyl groups is 2. The van der Waals surface area contributed by atoms with Crippen LogP contribution in [0.1, 0.15) is 106 Å². The number of nitrogens with one attached hydrogen (secondary N) is 1. The number of halogens is 1. The number of rotatable bonds is 14. The summed E-state index contributed by atoms with van der Waals surface area (Å²) >= 11 is 0. The molecule has 0 bridgehead atoms. The highest BCUT2D eigenvalue weighted by Crippen LogP contribution is 2.44. The van der Waals surface area contributed by atoms with E-state index in [1.807, 2.05) is 66.6 Å². The van der Waals surface area contributed by atoms with E-state index in [2.05, 4.69) is 21.4 Å². The van der Waals surface area contributed by atoms with Gasteiger partial charge in [0.15, 0.2) is 0 Å². The number of piperidine rings is 2. The quantitative estimate of drug-likeness (QED) is 0.0690. The van der Waals surface area contributed by atoms with Crippen molar-refractivity contribution in [1.82, 2.24) is 39.3 Å². The van der Waals surface area contributed by atoms with E-state index in [9.17, 15) is 15.0 Å². The van der Waals surface area contributed by atoms with Gasteiger partial charge in [0, 0.05) is 49.0 Å². The predicted octanol–water partition coefficient (Wildman–Crippen LogP) is 9.14. The second-order valence-corrected chi connectivity index (χ2v) is 20.0. The summed E-state index contributed by atoms with van der Waals surface area (Å²) in [4.78, 5) is 32.2. The van der Waals surface area contributed by atoms with Gasteiger partial charge in [-0.15, -0.1) is 12.4 Å². The summed E-state index contributed by atoms with van der Waals surface area (Å²) in [6.45, 7) is 11.2. The van der Waals surface area contributed by atoms with Crippen LogP contribution in [0.3, 0.4) is 0 Å². The Morgan fingerprint density at radius 1 is 0.700 bits per heavy atom. The van der Waals surface area contributed by atoms with Gasteiger partial charge in [-0.3, -0.25) is 0 Å². The number of nitrogen functional groups attached to an aromatic ring is 2. The van der Waals surface area contributed by atoms with Crippen molar-refractivity contribution in [2.24, 2.45) is 11.8 Å². The zero-order valence-corrected chi connectivity index (χ0v) is 41.2. The van der Waals surface area contributed by atoms with Crippen LogP contribution in [0.5, 0.6) is 23.0 Å². The van der Waals surface area contributed by atoms with Gasteiger partial charge < -0.3 is 55.2 Å². The number of aromatic nitrogens is 6. The van der Waals surface area contributed by atoms with E-state index in [-0.39, 0.29) is 35.9 Å². The van der Waals surface area contributed by atoms with Crippen molar-refractivity contribution >= 4 is 30.1 Å². The van der Waals surface area contributed by atoms with Crippen LogP contribution in [0.2, 0.25) is 0 Å². The van der Waals surface area contributed by atoms with Crippen molar-refractivity contribution in [3.8, 4) is 45.5 Å². The fourth-order valence-corrected chi connectivity index (χ4v) is 9.29. The molecule has 2 saturated carbocycles. The van der Waals surface area contributed by atoms with Gasteiger partial charge in [0.25, 0.3) is 0 Å². The third-order valence-corrected chi connectivity index (χ3v) is 13.4. The van der Waals surface area contributed by atoms with Crippen molar-refractivity contribution in [2.75, 3.05) is 50.9 Å². The topological polar surface area (TPSA) is 214 Å². The van der Waals surface area contributed by atoms with Gasteiger partial charge in [-0.05, 0) is 156 Å². The molecule has 4 aromatic heterocycles. The zero-order valence-electron chi connectivity index (χ0n) is 40.4. The minimum absolute atomic E-state index is 0. The molecule has 10 rings (SSSR count). The van der Waals surface area contributed by atoms with E-state index in [4.69, 9.17) is 35.6 Å². The number of carbonyl (C=O) groups excluding carboxylic acids is 1. The van der Waals surface area contributed by atoms with Crippen LogP contribution in [-0.2, 0) is 17.8 Å². The number of hydrogen-bond acceptors (Lipinski definition) is 13. The van der Waals surface area contributed by atoms with E-state index < -0.39 is 5.60 Å². The molecule has 0 radical (unpaired) electrons. The first-order valence-electron chi connectivity index (χ1n) is 24.5. The summed E-state index contributed by atoms with van der Waals surface area (Å²) < 4.78 is 21.7. The Balaban J connectivity index is 0.000000189. The third-order valence-electron chi connectivity index (χ3n) is 13.4. The molecule has 4 aliphatic rings. The summed E-state index contributed by atoms with van der Waals surface area (Å²) in [5.41, 5.74) is 19.3. The second kappa shape index (κ2) is 22.1. The van der Waals surface area contributed by atoms with Gasteiger partial charge in [0.1, 0.15) is 40.2 Å². The number of nitrogens with zero attached hydrogens (tertiary/aromatic N) is 7. The van der Waals surface area contributed by atoms with Crippen LogP contribution in [0.15, 0.2) is 86.0 Å². The Morgan fingerprint density at radius 2 is 1.16 bits per heavy atom. The maximum absolute atomic E-state index is 12.6. The number of likely N-dealkylation sites (tertiary alicyclic amines) is 1. The summed E-state index contributed by atoms with van der Waals surface area (Å²) in [7, 11) is 0.